The minimum absolute atomic E-state index is 0.0923. The Labute approximate surface area is 177 Å². The second kappa shape index (κ2) is 9.18. The molecule has 2 aromatic rings. The van der Waals surface area contributed by atoms with Gasteiger partial charge >= 0.3 is 5.97 Å². The number of para-hydroxylation sites is 2. The molecule has 2 aromatic carbocycles. The Morgan fingerprint density at radius 2 is 1.89 bits per heavy atom. The van der Waals surface area contributed by atoms with E-state index in [2.05, 4.69) is 27.9 Å². The lowest BCUT2D eigenvalue weighted by molar-refractivity contribution is -0.151. The second-order valence-corrected chi connectivity index (χ2v) is 7.69. The van der Waals surface area contributed by atoms with Crippen LogP contribution in [0.3, 0.4) is 0 Å². The van der Waals surface area contributed by atoms with E-state index < -0.39 is 17.8 Å². The maximum atomic E-state index is 12.4. The fourth-order valence-electron chi connectivity index (χ4n) is 3.17. The van der Waals surface area contributed by atoms with Gasteiger partial charge in [0.25, 0.3) is 5.91 Å². The number of anilines is 2. The first-order chi connectivity index (χ1) is 13.5. The Hall–Kier alpha value is -2.42. The molecule has 2 amide bonds. The summed E-state index contributed by atoms with van der Waals surface area (Å²) in [5.74, 6) is -1.61. The zero-order chi connectivity index (χ0) is 20.1. The van der Waals surface area contributed by atoms with Crippen LogP contribution in [0.25, 0.3) is 0 Å². The summed E-state index contributed by atoms with van der Waals surface area (Å²) in [4.78, 5) is 38.5. The topological polar surface area (TPSA) is 75.7 Å². The van der Waals surface area contributed by atoms with E-state index in [1.54, 1.807) is 11.0 Å². The van der Waals surface area contributed by atoms with E-state index in [1.807, 2.05) is 49.4 Å². The van der Waals surface area contributed by atoms with Gasteiger partial charge in [0.1, 0.15) is 0 Å². The quantitative estimate of drug-likeness (QED) is 0.496. The molecular formula is C21H21IN2O4. The molecule has 1 fully saturated rings. The number of benzene rings is 2. The summed E-state index contributed by atoms with van der Waals surface area (Å²) < 4.78 is 6.05. The Kier molecular flexibility index (Phi) is 6.66. The lowest BCUT2D eigenvalue weighted by Crippen LogP contribution is -2.28. The molecule has 1 aliphatic heterocycles. The van der Waals surface area contributed by atoms with E-state index in [1.165, 1.54) is 0 Å². The van der Waals surface area contributed by atoms with Gasteiger partial charge in [0.05, 0.1) is 11.6 Å². The zero-order valence-electron chi connectivity index (χ0n) is 15.5. The van der Waals surface area contributed by atoms with Crippen LogP contribution in [0, 0.1) is 9.49 Å². The summed E-state index contributed by atoms with van der Waals surface area (Å²) in [6.45, 7) is 1.92. The molecule has 0 radical (unpaired) electrons. The molecule has 0 saturated carbocycles. The van der Waals surface area contributed by atoms with Crippen LogP contribution < -0.4 is 10.2 Å². The van der Waals surface area contributed by atoms with Gasteiger partial charge in [-0.25, -0.2) is 0 Å². The molecule has 1 unspecified atom stereocenters. The Morgan fingerprint density at radius 3 is 2.64 bits per heavy atom. The highest BCUT2D eigenvalue weighted by atomic mass is 127. The summed E-state index contributed by atoms with van der Waals surface area (Å²) in [5.41, 5.74) is 2.56. The molecule has 0 aliphatic carbocycles. The van der Waals surface area contributed by atoms with E-state index in [9.17, 15) is 14.4 Å². The van der Waals surface area contributed by atoms with Gasteiger partial charge in [0.15, 0.2) is 6.61 Å². The number of ether oxygens (including phenoxy) is 1. The summed E-state index contributed by atoms with van der Waals surface area (Å²) in [6, 6.07) is 15.0. The summed E-state index contributed by atoms with van der Waals surface area (Å²) in [5, 5.41) is 2.71. The van der Waals surface area contributed by atoms with Crippen molar-refractivity contribution in [2.24, 2.45) is 5.92 Å². The van der Waals surface area contributed by atoms with Crippen molar-refractivity contribution in [3.05, 3.63) is 57.7 Å². The van der Waals surface area contributed by atoms with Crippen molar-refractivity contribution in [2.45, 2.75) is 19.8 Å². The van der Waals surface area contributed by atoms with Crippen LogP contribution in [0.4, 0.5) is 11.4 Å². The first kappa shape index (κ1) is 20.3. The predicted molar refractivity (Wildman–Crippen MR) is 115 cm³/mol. The standard InChI is InChI=1S/C21H21IN2O4/c1-2-14-7-3-6-10-18(14)24-12-15(11-20(24)26)21(27)28-13-19(25)23-17-9-5-4-8-16(17)22/h3-10,15H,2,11-13H2,1H3,(H,23,25). The SMILES string of the molecule is CCc1ccccc1N1CC(C(=O)OCC(=O)Nc2ccccc2I)CC1=O. The van der Waals surface area contributed by atoms with Crippen molar-refractivity contribution < 1.29 is 19.1 Å². The van der Waals surface area contributed by atoms with Crippen LogP contribution in [-0.2, 0) is 25.5 Å². The molecule has 1 aliphatic rings. The zero-order valence-corrected chi connectivity index (χ0v) is 17.6. The third-order valence-corrected chi connectivity index (χ3v) is 5.56. The molecule has 146 valence electrons. The molecule has 1 saturated heterocycles. The number of aryl methyl sites for hydroxylation is 1. The Bertz CT molecular complexity index is 899. The average molecular weight is 492 g/mol. The van der Waals surface area contributed by atoms with Gasteiger partial charge in [-0.3, -0.25) is 14.4 Å². The number of carbonyl (C=O) groups excluding carboxylic acids is 3. The number of rotatable bonds is 6. The van der Waals surface area contributed by atoms with Crippen molar-refractivity contribution in [1.82, 2.24) is 0 Å². The molecule has 7 heteroatoms. The van der Waals surface area contributed by atoms with Gasteiger partial charge in [-0.05, 0) is 52.8 Å². The van der Waals surface area contributed by atoms with Gasteiger partial charge in [-0.15, -0.1) is 0 Å². The van der Waals surface area contributed by atoms with Crippen molar-refractivity contribution in [3.8, 4) is 0 Å². The molecule has 28 heavy (non-hydrogen) atoms. The number of nitrogens with zero attached hydrogens (tertiary/aromatic N) is 1. The lowest BCUT2D eigenvalue weighted by atomic mass is 10.1. The number of hydrogen-bond donors (Lipinski definition) is 1. The van der Waals surface area contributed by atoms with E-state index >= 15 is 0 Å². The van der Waals surface area contributed by atoms with Crippen LogP contribution in [0.5, 0.6) is 0 Å². The molecule has 6 nitrogen and oxygen atoms in total. The Morgan fingerprint density at radius 1 is 1.18 bits per heavy atom. The van der Waals surface area contributed by atoms with Crippen molar-refractivity contribution in [2.75, 3.05) is 23.4 Å². The minimum atomic E-state index is -0.568. The highest BCUT2D eigenvalue weighted by Gasteiger charge is 2.37. The number of carbonyl (C=O) groups is 3. The van der Waals surface area contributed by atoms with Crippen LogP contribution in [0.2, 0.25) is 0 Å². The highest BCUT2D eigenvalue weighted by Crippen LogP contribution is 2.29. The fourth-order valence-corrected chi connectivity index (χ4v) is 3.70. The number of halogens is 1. The van der Waals surface area contributed by atoms with Gasteiger partial charge in [-0.2, -0.15) is 0 Å². The maximum absolute atomic E-state index is 12.4. The number of nitrogens with one attached hydrogen (secondary N) is 1. The number of esters is 1. The first-order valence-corrected chi connectivity index (χ1v) is 10.2. The third kappa shape index (κ3) is 4.70. The number of hydrogen-bond acceptors (Lipinski definition) is 4. The van der Waals surface area contributed by atoms with E-state index in [-0.39, 0.29) is 25.5 Å². The second-order valence-electron chi connectivity index (χ2n) is 6.52. The van der Waals surface area contributed by atoms with Crippen LogP contribution in [0.1, 0.15) is 18.9 Å². The van der Waals surface area contributed by atoms with Gasteiger partial charge < -0.3 is 15.0 Å². The maximum Gasteiger partial charge on any atom is 0.311 e. The monoisotopic (exact) mass is 492 g/mol. The Balaban J connectivity index is 1.56. The van der Waals surface area contributed by atoms with Gasteiger partial charge in [0, 0.05) is 22.2 Å². The van der Waals surface area contributed by atoms with Gasteiger partial charge in [-0.1, -0.05) is 37.3 Å². The molecule has 3 rings (SSSR count). The van der Waals surface area contributed by atoms with Crippen LogP contribution >= 0.6 is 22.6 Å². The molecular weight excluding hydrogens is 471 g/mol. The minimum Gasteiger partial charge on any atom is -0.455 e. The fraction of sp³-hybridized carbons (Fsp3) is 0.286. The van der Waals surface area contributed by atoms with Crippen molar-refractivity contribution >= 4 is 51.7 Å². The highest BCUT2D eigenvalue weighted by molar-refractivity contribution is 14.1. The van der Waals surface area contributed by atoms with Crippen LogP contribution in [0.15, 0.2) is 48.5 Å². The molecule has 0 bridgehead atoms. The third-order valence-electron chi connectivity index (χ3n) is 4.62. The van der Waals surface area contributed by atoms with Crippen molar-refractivity contribution in [3.63, 3.8) is 0 Å². The van der Waals surface area contributed by atoms with E-state index in [0.29, 0.717) is 5.69 Å². The van der Waals surface area contributed by atoms with Crippen molar-refractivity contribution in [1.29, 1.82) is 0 Å². The van der Waals surface area contributed by atoms with E-state index in [4.69, 9.17) is 4.74 Å². The largest absolute Gasteiger partial charge is 0.455 e. The van der Waals surface area contributed by atoms with E-state index in [0.717, 1.165) is 21.2 Å². The summed E-state index contributed by atoms with van der Waals surface area (Å²) in [7, 11) is 0. The summed E-state index contributed by atoms with van der Waals surface area (Å²) >= 11 is 2.12. The van der Waals surface area contributed by atoms with Crippen LogP contribution in [-0.4, -0.2) is 30.9 Å². The summed E-state index contributed by atoms with van der Waals surface area (Å²) in [6.07, 6.45) is 0.891. The average Bonchev–Trinajstić information content (AvgIpc) is 3.09. The molecule has 0 aromatic heterocycles. The first-order valence-electron chi connectivity index (χ1n) is 9.09. The number of amides is 2. The predicted octanol–water partition coefficient (Wildman–Crippen LogP) is 3.39. The molecule has 1 atom stereocenters. The lowest BCUT2D eigenvalue weighted by Gasteiger charge is -2.19. The smallest absolute Gasteiger partial charge is 0.311 e. The van der Waals surface area contributed by atoms with Gasteiger partial charge in [0.2, 0.25) is 5.91 Å². The normalized spacial score (nSPS) is 16.1. The molecule has 1 N–H and O–H groups in total. The molecule has 1 heterocycles. The molecule has 0 spiro atoms.